The van der Waals surface area contributed by atoms with Crippen LogP contribution in [0.25, 0.3) is 0 Å². The Balaban J connectivity index is 2.48. The summed E-state index contributed by atoms with van der Waals surface area (Å²) in [6.07, 6.45) is -0.704. The van der Waals surface area contributed by atoms with Crippen molar-refractivity contribution >= 4 is 23.7 Å². The summed E-state index contributed by atoms with van der Waals surface area (Å²) in [6.45, 7) is 5.32. The van der Waals surface area contributed by atoms with Crippen molar-refractivity contribution in [2.45, 2.75) is 39.0 Å². The van der Waals surface area contributed by atoms with Gasteiger partial charge in [0.15, 0.2) is 0 Å². The third kappa shape index (κ3) is 6.99. The largest absolute Gasteiger partial charge is 0.459 e. The summed E-state index contributed by atoms with van der Waals surface area (Å²) in [6, 6.07) is 8.30. The van der Waals surface area contributed by atoms with Gasteiger partial charge in [0.1, 0.15) is 18.2 Å². The number of alkyl halides is 1. The van der Waals surface area contributed by atoms with Crippen LogP contribution in [0.2, 0.25) is 0 Å². The van der Waals surface area contributed by atoms with Crippen molar-refractivity contribution in [1.29, 1.82) is 0 Å². The lowest BCUT2D eigenvalue weighted by Crippen LogP contribution is -2.45. The molecule has 1 atom stereocenters. The lowest BCUT2D eigenvalue weighted by atomic mass is 10.2. The van der Waals surface area contributed by atoms with Crippen LogP contribution in [0.3, 0.4) is 0 Å². The summed E-state index contributed by atoms with van der Waals surface area (Å²) in [4.78, 5) is 23.5. The van der Waals surface area contributed by atoms with E-state index in [0.29, 0.717) is 0 Å². The molecule has 0 bridgehead atoms. The molecule has 1 rings (SSSR count). The maximum Gasteiger partial charge on any atom is 0.408 e. The SMILES string of the molecule is CC(C)(C)OC(=O)NC(CCl)C(=O)OCc1ccccc1. The van der Waals surface area contributed by atoms with Gasteiger partial charge in [-0.3, -0.25) is 0 Å². The van der Waals surface area contributed by atoms with E-state index < -0.39 is 23.7 Å². The van der Waals surface area contributed by atoms with Crippen LogP contribution in [0.4, 0.5) is 4.79 Å². The van der Waals surface area contributed by atoms with E-state index in [9.17, 15) is 9.59 Å². The van der Waals surface area contributed by atoms with Gasteiger partial charge in [-0.25, -0.2) is 9.59 Å². The molecule has 1 unspecified atom stereocenters. The van der Waals surface area contributed by atoms with Crippen molar-refractivity contribution in [2.24, 2.45) is 0 Å². The molecular weight excluding hydrogens is 294 g/mol. The molecule has 0 aliphatic heterocycles. The van der Waals surface area contributed by atoms with Gasteiger partial charge in [-0.2, -0.15) is 0 Å². The first kappa shape index (κ1) is 17.3. The van der Waals surface area contributed by atoms with Crippen molar-refractivity contribution < 1.29 is 19.1 Å². The van der Waals surface area contributed by atoms with Gasteiger partial charge >= 0.3 is 12.1 Å². The highest BCUT2D eigenvalue weighted by Crippen LogP contribution is 2.08. The Bertz CT molecular complexity index is 470. The Kier molecular flexibility index (Phi) is 6.49. The number of benzene rings is 1. The Morgan fingerprint density at radius 2 is 1.86 bits per heavy atom. The summed E-state index contributed by atoms with van der Waals surface area (Å²) in [7, 11) is 0. The number of carbonyl (C=O) groups is 2. The minimum absolute atomic E-state index is 0.0904. The van der Waals surface area contributed by atoms with Crippen molar-refractivity contribution in [3.63, 3.8) is 0 Å². The molecule has 5 nitrogen and oxygen atoms in total. The maximum absolute atomic E-state index is 11.9. The first-order valence-corrected chi connectivity index (χ1v) is 7.11. The normalized spacial score (nSPS) is 12.4. The second kappa shape index (κ2) is 7.88. The first-order chi connectivity index (χ1) is 9.81. The number of esters is 1. The van der Waals surface area contributed by atoms with Gasteiger partial charge in [-0.15, -0.1) is 11.6 Å². The second-order valence-corrected chi connectivity index (χ2v) is 5.76. The molecule has 0 aliphatic rings. The van der Waals surface area contributed by atoms with E-state index in [-0.39, 0.29) is 12.5 Å². The fourth-order valence-electron chi connectivity index (χ4n) is 1.44. The molecule has 0 saturated heterocycles. The van der Waals surface area contributed by atoms with Gasteiger partial charge in [0.2, 0.25) is 0 Å². The average molecular weight is 314 g/mol. The maximum atomic E-state index is 11.9. The number of carbonyl (C=O) groups excluding carboxylic acids is 2. The van der Waals surface area contributed by atoms with Crippen LogP contribution in [0.1, 0.15) is 26.3 Å². The summed E-state index contributed by atoms with van der Waals surface area (Å²) in [5.41, 5.74) is 0.214. The highest BCUT2D eigenvalue weighted by atomic mass is 35.5. The Morgan fingerprint density at radius 3 is 2.38 bits per heavy atom. The number of nitrogens with one attached hydrogen (secondary N) is 1. The molecule has 0 spiro atoms. The highest BCUT2D eigenvalue weighted by Gasteiger charge is 2.24. The number of ether oxygens (including phenoxy) is 2. The molecule has 21 heavy (non-hydrogen) atoms. The van der Waals surface area contributed by atoms with Crippen molar-refractivity contribution in [3.05, 3.63) is 35.9 Å². The van der Waals surface area contributed by atoms with Crippen LogP contribution in [0.15, 0.2) is 30.3 Å². The Labute approximate surface area is 129 Å². The van der Waals surface area contributed by atoms with Crippen LogP contribution in [0, 0.1) is 0 Å². The lowest BCUT2D eigenvalue weighted by Gasteiger charge is -2.22. The Hall–Kier alpha value is -1.75. The van der Waals surface area contributed by atoms with Crippen LogP contribution in [0.5, 0.6) is 0 Å². The first-order valence-electron chi connectivity index (χ1n) is 6.58. The van der Waals surface area contributed by atoms with E-state index in [1.807, 2.05) is 30.3 Å². The predicted molar refractivity (Wildman–Crippen MR) is 80.1 cm³/mol. The molecule has 6 heteroatoms. The summed E-state index contributed by atoms with van der Waals surface area (Å²) < 4.78 is 10.2. The lowest BCUT2D eigenvalue weighted by molar-refractivity contribution is -0.146. The van der Waals surface area contributed by atoms with Gasteiger partial charge in [0, 0.05) is 0 Å². The number of rotatable bonds is 5. The average Bonchev–Trinajstić information content (AvgIpc) is 2.41. The minimum atomic E-state index is -0.940. The zero-order valence-corrected chi connectivity index (χ0v) is 13.1. The van der Waals surface area contributed by atoms with E-state index in [1.165, 1.54) is 0 Å². The molecule has 1 aromatic carbocycles. The molecule has 1 N–H and O–H groups in total. The van der Waals surface area contributed by atoms with Crippen LogP contribution < -0.4 is 5.32 Å². The monoisotopic (exact) mass is 313 g/mol. The number of amides is 1. The molecular formula is C15H20ClNO4. The minimum Gasteiger partial charge on any atom is -0.459 e. The standard InChI is InChI=1S/C15H20ClNO4/c1-15(2,3)21-14(19)17-12(9-16)13(18)20-10-11-7-5-4-6-8-11/h4-8,12H,9-10H2,1-3H3,(H,17,19). The second-order valence-electron chi connectivity index (χ2n) is 5.45. The molecule has 0 saturated carbocycles. The topological polar surface area (TPSA) is 64.6 Å². The van der Waals surface area contributed by atoms with Gasteiger partial charge in [0.25, 0.3) is 0 Å². The molecule has 116 valence electrons. The van der Waals surface area contributed by atoms with Crippen molar-refractivity contribution in [2.75, 3.05) is 5.88 Å². The zero-order valence-electron chi connectivity index (χ0n) is 12.4. The number of halogens is 1. The number of hydrogen-bond donors (Lipinski definition) is 1. The quantitative estimate of drug-likeness (QED) is 0.670. The van der Waals surface area contributed by atoms with Gasteiger partial charge in [-0.05, 0) is 26.3 Å². The van der Waals surface area contributed by atoms with Crippen LogP contribution >= 0.6 is 11.6 Å². The highest BCUT2D eigenvalue weighted by molar-refractivity contribution is 6.19. The molecule has 1 aromatic rings. The van der Waals surface area contributed by atoms with E-state index in [1.54, 1.807) is 20.8 Å². The summed E-state index contributed by atoms with van der Waals surface area (Å²) in [5, 5.41) is 2.39. The molecule has 0 heterocycles. The van der Waals surface area contributed by atoms with E-state index in [4.69, 9.17) is 21.1 Å². The number of alkyl carbamates (subject to hydrolysis) is 1. The van der Waals surface area contributed by atoms with Gasteiger partial charge in [0.05, 0.1) is 5.88 Å². The fourth-order valence-corrected chi connectivity index (χ4v) is 1.64. The van der Waals surface area contributed by atoms with E-state index in [2.05, 4.69) is 5.32 Å². The molecule has 0 radical (unpaired) electrons. The molecule has 0 fully saturated rings. The van der Waals surface area contributed by atoms with Gasteiger partial charge < -0.3 is 14.8 Å². The van der Waals surface area contributed by atoms with Crippen LogP contribution in [-0.4, -0.2) is 29.6 Å². The molecule has 0 aliphatic carbocycles. The Morgan fingerprint density at radius 1 is 1.24 bits per heavy atom. The summed E-state index contributed by atoms with van der Waals surface area (Å²) in [5.74, 6) is -0.688. The third-order valence-electron chi connectivity index (χ3n) is 2.35. The van der Waals surface area contributed by atoms with Crippen molar-refractivity contribution in [1.82, 2.24) is 5.32 Å². The molecule has 0 aromatic heterocycles. The third-order valence-corrected chi connectivity index (χ3v) is 2.66. The van der Waals surface area contributed by atoms with E-state index in [0.717, 1.165) is 5.56 Å². The number of hydrogen-bond acceptors (Lipinski definition) is 4. The predicted octanol–water partition coefficient (Wildman–Crippen LogP) is 2.86. The van der Waals surface area contributed by atoms with Crippen molar-refractivity contribution in [3.8, 4) is 0 Å². The smallest absolute Gasteiger partial charge is 0.408 e. The van der Waals surface area contributed by atoms with Crippen LogP contribution in [-0.2, 0) is 20.9 Å². The molecule has 1 amide bonds. The van der Waals surface area contributed by atoms with E-state index >= 15 is 0 Å². The fraction of sp³-hybridized carbons (Fsp3) is 0.467. The zero-order chi connectivity index (χ0) is 15.9. The van der Waals surface area contributed by atoms with Gasteiger partial charge in [-0.1, -0.05) is 30.3 Å². The summed E-state index contributed by atoms with van der Waals surface area (Å²) >= 11 is 5.69.